The van der Waals surface area contributed by atoms with Crippen molar-refractivity contribution < 1.29 is 4.79 Å². The van der Waals surface area contributed by atoms with Gasteiger partial charge in [-0.05, 0) is 49.4 Å². The van der Waals surface area contributed by atoms with Crippen LogP contribution in [0, 0.1) is 0 Å². The van der Waals surface area contributed by atoms with Crippen LogP contribution < -0.4 is 0 Å². The summed E-state index contributed by atoms with van der Waals surface area (Å²) in [6, 6.07) is 17.5. The van der Waals surface area contributed by atoms with Crippen molar-refractivity contribution in [3.8, 4) is 0 Å². The Kier molecular flexibility index (Phi) is 7.23. The van der Waals surface area contributed by atoms with Gasteiger partial charge in [0, 0.05) is 24.6 Å². The van der Waals surface area contributed by atoms with Gasteiger partial charge in [-0.1, -0.05) is 74.7 Å². The lowest BCUT2D eigenvalue weighted by Crippen LogP contribution is -2.36. The maximum absolute atomic E-state index is 12.8. The van der Waals surface area contributed by atoms with Crippen LogP contribution in [0.4, 0.5) is 0 Å². The minimum atomic E-state index is 0.342. The molecular weight excluding hydrogens is 330 g/mol. The van der Waals surface area contributed by atoms with Gasteiger partial charge in [0.2, 0.25) is 0 Å². The zero-order chi connectivity index (χ0) is 19.1. The molecule has 0 radical (unpaired) electrons. The minimum absolute atomic E-state index is 0.342. The molecule has 0 N–H and O–H groups in total. The molecule has 27 heavy (non-hydrogen) atoms. The van der Waals surface area contributed by atoms with Crippen LogP contribution in [0.5, 0.6) is 0 Å². The molecule has 0 saturated carbocycles. The molecule has 3 rings (SSSR count). The first kappa shape index (κ1) is 19.8. The van der Waals surface area contributed by atoms with Gasteiger partial charge >= 0.3 is 0 Å². The van der Waals surface area contributed by atoms with Gasteiger partial charge in [-0.25, -0.2) is 0 Å². The number of rotatable bonds is 9. The van der Waals surface area contributed by atoms with Gasteiger partial charge in [0.15, 0.2) is 5.78 Å². The number of ketones is 1. The van der Waals surface area contributed by atoms with Crippen LogP contribution >= 0.6 is 0 Å². The van der Waals surface area contributed by atoms with Gasteiger partial charge < -0.3 is 0 Å². The quantitative estimate of drug-likeness (QED) is 0.413. The fourth-order valence-electron chi connectivity index (χ4n) is 4.25. The molecule has 0 spiro atoms. The highest BCUT2D eigenvalue weighted by Gasteiger charge is 2.25. The maximum atomic E-state index is 12.8. The van der Waals surface area contributed by atoms with E-state index in [2.05, 4.69) is 67.4 Å². The molecule has 144 valence electrons. The Morgan fingerprint density at radius 2 is 1.85 bits per heavy atom. The first-order chi connectivity index (χ1) is 13.2. The van der Waals surface area contributed by atoms with Crippen molar-refractivity contribution in [1.82, 2.24) is 4.90 Å². The van der Waals surface area contributed by atoms with Crippen LogP contribution in [-0.4, -0.2) is 23.8 Å². The van der Waals surface area contributed by atoms with Crippen molar-refractivity contribution >= 4 is 5.78 Å². The summed E-state index contributed by atoms with van der Waals surface area (Å²) in [7, 11) is 2.22. The fraction of sp³-hybridized carbons (Fsp3) is 0.480. The summed E-state index contributed by atoms with van der Waals surface area (Å²) >= 11 is 0. The highest BCUT2D eigenvalue weighted by Crippen LogP contribution is 2.28. The van der Waals surface area contributed by atoms with E-state index in [1.807, 2.05) is 0 Å². The molecule has 2 nitrogen and oxygen atoms in total. The van der Waals surface area contributed by atoms with Crippen LogP contribution in [0.15, 0.2) is 48.5 Å². The van der Waals surface area contributed by atoms with Crippen LogP contribution in [0.25, 0.3) is 0 Å². The fourth-order valence-corrected chi connectivity index (χ4v) is 4.25. The van der Waals surface area contributed by atoms with Gasteiger partial charge in [0.1, 0.15) is 0 Å². The van der Waals surface area contributed by atoms with Crippen molar-refractivity contribution in [2.75, 3.05) is 7.05 Å². The molecule has 2 heteroatoms. The summed E-state index contributed by atoms with van der Waals surface area (Å²) in [5, 5.41) is 0. The van der Waals surface area contributed by atoms with E-state index >= 15 is 0 Å². The zero-order valence-corrected chi connectivity index (χ0v) is 16.9. The number of fused-ring (bicyclic) bond motifs is 1. The normalized spacial score (nSPS) is 16.3. The number of carbonyl (C=O) groups is 1. The van der Waals surface area contributed by atoms with Crippen molar-refractivity contribution in [2.24, 2.45) is 0 Å². The van der Waals surface area contributed by atoms with Gasteiger partial charge in [0.25, 0.3) is 0 Å². The average Bonchev–Trinajstić information content (AvgIpc) is 2.71. The number of Topliss-reactive ketones (excluding diaryl/α,β-unsaturated/α-hetero) is 1. The van der Waals surface area contributed by atoms with E-state index in [1.54, 1.807) is 0 Å². The molecule has 1 unspecified atom stereocenters. The lowest BCUT2D eigenvalue weighted by molar-refractivity contribution is 0.0977. The summed E-state index contributed by atoms with van der Waals surface area (Å²) in [5.41, 5.74) is 5.04. The van der Waals surface area contributed by atoms with Gasteiger partial charge in [0.05, 0.1) is 0 Å². The molecule has 0 saturated heterocycles. The van der Waals surface area contributed by atoms with Gasteiger partial charge in [-0.3, -0.25) is 9.69 Å². The summed E-state index contributed by atoms with van der Waals surface area (Å²) in [6.07, 6.45) is 8.57. The highest BCUT2D eigenvalue weighted by molar-refractivity contribution is 5.97. The smallest absolute Gasteiger partial charge is 0.163 e. The predicted molar refractivity (Wildman–Crippen MR) is 113 cm³/mol. The third-order valence-electron chi connectivity index (χ3n) is 5.92. The second kappa shape index (κ2) is 9.85. The van der Waals surface area contributed by atoms with E-state index in [1.165, 1.54) is 42.4 Å². The Morgan fingerprint density at radius 3 is 2.63 bits per heavy atom. The maximum Gasteiger partial charge on any atom is 0.163 e. The number of likely N-dealkylation sites (N-methyl/N-ethyl adjacent to an activating group) is 1. The number of unbranched alkanes of at least 4 members (excludes halogenated alkanes) is 3. The highest BCUT2D eigenvalue weighted by atomic mass is 16.1. The van der Waals surface area contributed by atoms with Crippen molar-refractivity contribution in [1.29, 1.82) is 0 Å². The Balaban J connectivity index is 1.67. The van der Waals surface area contributed by atoms with Crippen molar-refractivity contribution in [2.45, 2.75) is 70.9 Å². The summed E-state index contributed by atoms with van der Waals surface area (Å²) in [6.45, 7) is 3.18. The number of nitrogens with zero attached hydrogens (tertiary/aromatic N) is 1. The lowest BCUT2D eigenvalue weighted by Gasteiger charge is -2.33. The SMILES string of the molecule is CCCCCCC(=O)c1cccc2c1CC(N(C)Cc1ccccc1)CC2. The third-order valence-corrected chi connectivity index (χ3v) is 5.92. The minimum Gasteiger partial charge on any atom is -0.299 e. The lowest BCUT2D eigenvalue weighted by atomic mass is 9.83. The molecule has 0 heterocycles. The summed E-state index contributed by atoms with van der Waals surface area (Å²) < 4.78 is 0. The first-order valence-corrected chi connectivity index (χ1v) is 10.6. The van der Waals surface area contributed by atoms with E-state index in [0.717, 1.165) is 31.4 Å². The Bertz CT molecular complexity index is 737. The number of carbonyl (C=O) groups excluding carboxylic acids is 1. The van der Waals surface area contributed by atoms with E-state index in [0.29, 0.717) is 18.2 Å². The van der Waals surface area contributed by atoms with Crippen LogP contribution in [0.3, 0.4) is 0 Å². The summed E-state index contributed by atoms with van der Waals surface area (Å²) in [4.78, 5) is 15.3. The molecule has 0 aliphatic heterocycles. The topological polar surface area (TPSA) is 20.3 Å². The largest absolute Gasteiger partial charge is 0.299 e. The zero-order valence-electron chi connectivity index (χ0n) is 16.9. The number of hydrogen-bond acceptors (Lipinski definition) is 2. The van der Waals surface area contributed by atoms with E-state index in [-0.39, 0.29) is 0 Å². The molecule has 0 fully saturated rings. The average molecular weight is 364 g/mol. The molecule has 1 atom stereocenters. The molecule has 0 amide bonds. The monoisotopic (exact) mass is 363 g/mol. The van der Waals surface area contributed by atoms with E-state index in [9.17, 15) is 4.79 Å². The van der Waals surface area contributed by atoms with Gasteiger partial charge in [-0.2, -0.15) is 0 Å². The first-order valence-electron chi connectivity index (χ1n) is 10.6. The number of aryl methyl sites for hydroxylation is 1. The Labute approximate surface area is 164 Å². The molecule has 0 aromatic heterocycles. The number of hydrogen-bond donors (Lipinski definition) is 0. The van der Waals surface area contributed by atoms with Gasteiger partial charge in [-0.15, -0.1) is 0 Å². The van der Waals surface area contributed by atoms with Crippen LogP contribution in [0.2, 0.25) is 0 Å². The molecule has 1 aliphatic carbocycles. The predicted octanol–water partition coefficient (Wildman–Crippen LogP) is 5.83. The second-order valence-electron chi connectivity index (χ2n) is 7.97. The number of benzene rings is 2. The molecular formula is C25H33NO. The van der Waals surface area contributed by atoms with E-state index < -0.39 is 0 Å². The van der Waals surface area contributed by atoms with E-state index in [4.69, 9.17) is 0 Å². The summed E-state index contributed by atoms with van der Waals surface area (Å²) in [5.74, 6) is 0.342. The molecule has 2 aromatic rings. The van der Waals surface area contributed by atoms with Crippen molar-refractivity contribution in [3.05, 3.63) is 70.8 Å². The third kappa shape index (κ3) is 5.29. The molecule has 0 bridgehead atoms. The van der Waals surface area contributed by atoms with Crippen molar-refractivity contribution in [3.63, 3.8) is 0 Å². The Hall–Kier alpha value is -1.93. The second-order valence-corrected chi connectivity index (χ2v) is 7.97. The Morgan fingerprint density at radius 1 is 1.04 bits per heavy atom. The standard InChI is InChI=1S/C25H33NO/c1-3-4-5-9-15-25(27)23-14-10-13-21-16-17-22(18-24(21)23)26(2)19-20-11-7-6-8-12-20/h6-8,10-14,22H,3-5,9,15-19H2,1-2H3. The van der Waals surface area contributed by atoms with Crippen LogP contribution in [-0.2, 0) is 19.4 Å². The van der Waals surface area contributed by atoms with Crippen LogP contribution in [0.1, 0.15) is 72.5 Å². The molecule has 1 aliphatic rings. The molecule has 2 aromatic carbocycles.